The third-order valence-corrected chi connectivity index (χ3v) is 2.87. The number of hydrogen-bond acceptors (Lipinski definition) is 4. The molecule has 0 aromatic carbocycles. The van der Waals surface area contributed by atoms with E-state index in [2.05, 4.69) is 23.3 Å². The van der Waals surface area contributed by atoms with Crippen LogP contribution in [-0.4, -0.2) is 32.6 Å². The summed E-state index contributed by atoms with van der Waals surface area (Å²) in [5.74, 6) is 1.09. The Balaban J connectivity index is 0. The van der Waals surface area contributed by atoms with Crippen LogP contribution >= 0.6 is 0 Å². The van der Waals surface area contributed by atoms with E-state index in [1.807, 2.05) is 6.92 Å². The van der Waals surface area contributed by atoms with Crippen molar-refractivity contribution in [1.29, 1.82) is 0 Å². The Morgan fingerprint density at radius 3 is 1.89 bits per heavy atom. The molecule has 0 aliphatic rings. The molecule has 4 heteroatoms. The molecule has 0 bridgehead atoms. The molecule has 0 amide bonds. The van der Waals surface area contributed by atoms with Crippen molar-refractivity contribution in [2.75, 3.05) is 14.2 Å². The minimum Gasteiger partial charge on any atom is -0.356 e. The fourth-order valence-corrected chi connectivity index (χ4v) is 1.33. The molecule has 4 nitrogen and oxygen atoms in total. The molecule has 0 unspecified atom stereocenters. The first-order valence-electron chi connectivity index (χ1n) is 6.37. The fourth-order valence-electron chi connectivity index (χ4n) is 1.33. The number of hydrogen-bond donors (Lipinski definition) is 0. The average molecular weight is 260 g/mol. The third-order valence-electron chi connectivity index (χ3n) is 2.87. The third kappa shape index (κ3) is 13.3. The van der Waals surface area contributed by atoms with Crippen LogP contribution in [0.1, 0.15) is 47.0 Å². The highest BCUT2D eigenvalue weighted by molar-refractivity contribution is 5.75. The SMILES string of the molecule is CC(=O)CC[C@H](CC=O)C(C)C.COC(C)OC. The topological polar surface area (TPSA) is 52.6 Å². The van der Waals surface area contributed by atoms with Crippen molar-refractivity contribution in [1.82, 2.24) is 0 Å². The van der Waals surface area contributed by atoms with Gasteiger partial charge in [-0.25, -0.2) is 0 Å². The first-order valence-corrected chi connectivity index (χ1v) is 6.37. The lowest BCUT2D eigenvalue weighted by atomic mass is 9.88. The average Bonchev–Trinajstić information content (AvgIpc) is 2.33. The Kier molecular flexibility index (Phi) is 13.8. The smallest absolute Gasteiger partial charge is 0.154 e. The van der Waals surface area contributed by atoms with Crippen molar-refractivity contribution in [2.24, 2.45) is 11.8 Å². The number of Topliss-reactive ketones (excluding diaryl/α,β-unsaturated/α-hetero) is 1. The number of ketones is 1. The van der Waals surface area contributed by atoms with Gasteiger partial charge in [-0.1, -0.05) is 13.8 Å². The van der Waals surface area contributed by atoms with E-state index >= 15 is 0 Å². The lowest BCUT2D eigenvalue weighted by molar-refractivity contribution is -0.117. The number of rotatable bonds is 8. The molecule has 0 fully saturated rings. The van der Waals surface area contributed by atoms with Gasteiger partial charge in [0, 0.05) is 27.1 Å². The van der Waals surface area contributed by atoms with Crippen LogP contribution in [0.3, 0.4) is 0 Å². The van der Waals surface area contributed by atoms with Gasteiger partial charge in [-0.2, -0.15) is 0 Å². The summed E-state index contributed by atoms with van der Waals surface area (Å²) in [5, 5.41) is 0. The summed E-state index contributed by atoms with van der Waals surface area (Å²) in [6, 6.07) is 0. The Labute approximate surface area is 111 Å². The van der Waals surface area contributed by atoms with Crippen molar-refractivity contribution >= 4 is 12.1 Å². The highest BCUT2D eigenvalue weighted by atomic mass is 16.7. The summed E-state index contributed by atoms with van der Waals surface area (Å²) in [7, 11) is 3.21. The highest BCUT2D eigenvalue weighted by Gasteiger charge is 2.12. The summed E-state index contributed by atoms with van der Waals surface area (Å²) in [5.41, 5.74) is 0. The summed E-state index contributed by atoms with van der Waals surface area (Å²) in [4.78, 5) is 21.0. The van der Waals surface area contributed by atoms with Crippen LogP contribution < -0.4 is 0 Å². The lowest BCUT2D eigenvalue weighted by Crippen LogP contribution is -2.10. The van der Waals surface area contributed by atoms with Gasteiger partial charge in [-0.05, 0) is 32.1 Å². The van der Waals surface area contributed by atoms with Gasteiger partial charge in [0.25, 0.3) is 0 Å². The van der Waals surface area contributed by atoms with E-state index in [4.69, 9.17) is 0 Å². The molecule has 1 atom stereocenters. The van der Waals surface area contributed by atoms with E-state index in [1.165, 1.54) is 0 Å². The van der Waals surface area contributed by atoms with Crippen LogP contribution in [0.2, 0.25) is 0 Å². The largest absolute Gasteiger partial charge is 0.356 e. The first-order chi connectivity index (χ1) is 8.38. The molecule has 0 saturated carbocycles. The zero-order valence-electron chi connectivity index (χ0n) is 12.6. The minimum atomic E-state index is -0.0648. The van der Waals surface area contributed by atoms with E-state index in [0.717, 1.165) is 12.7 Å². The van der Waals surface area contributed by atoms with Crippen molar-refractivity contribution in [3.8, 4) is 0 Å². The van der Waals surface area contributed by atoms with Gasteiger partial charge < -0.3 is 19.1 Å². The summed E-state index contributed by atoms with van der Waals surface area (Å²) < 4.78 is 9.35. The monoisotopic (exact) mass is 260 g/mol. The van der Waals surface area contributed by atoms with Gasteiger partial charge >= 0.3 is 0 Å². The maximum absolute atomic E-state index is 10.7. The summed E-state index contributed by atoms with van der Waals surface area (Å²) >= 11 is 0. The van der Waals surface area contributed by atoms with Gasteiger partial charge in [0.1, 0.15) is 12.1 Å². The van der Waals surface area contributed by atoms with Crippen LogP contribution in [0.4, 0.5) is 0 Å². The van der Waals surface area contributed by atoms with Crippen LogP contribution in [0.15, 0.2) is 0 Å². The van der Waals surface area contributed by atoms with E-state index in [0.29, 0.717) is 24.7 Å². The van der Waals surface area contributed by atoms with E-state index in [9.17, 15) is 9.59 Å². The highest BCUT2D eigenvalue weighted by Crippen LogP contribution is 2.19. The van der Waals surface area contributed by atoms with E-state index < -0.39 is 0 Å². The molecular formula is C14H28O4. The number of aldehydes is 1. The van der Waals surface area contributed by atoms with E-state index in [-0.39, 0.29) is 12.1 Å². The molecular weight excluding hydrogens is 232 g/mol. The molecule has 0 rings (SSSR count). The molecule has 0 aromatic heterocycles. The lowest BCUT2D eigenvalue weighted by Gasteiger charge is -2.16. The zero-order chi connectivity index (χ0) is 14.6. The number of carbonyl (C=O) groups is 2. The normalized spacial score (nSPS) is 12.0. The molecule has 0 saturated heterocycles. The van der Waals surface area contributed by atoms with Crippen LogP contribution in [-0.2, 0) is 19.1 Å². The second-order valence-electron chi connectivity index (χ2n) is 4.69. The maximum Gasteiger partial charge on any atom is 0.154 e. The maximum atomic E-state index is 10.7. The number of methoxy groups -OCH3 is 2. The second kappa shape index (κ2) is 12.7. The summed E-state index contributed by atoms with van der Waals surface area (Å²) in [6.45, 7) is 7.61. The van der Waals surface area contributed by atoms with Crippen LogP contribution in [0.25, 0.3) is 0 Å². The predicted molar refractivity (Wildman–Crippen MR) is 72.4 cm³/mol. The Morgan fingerprint density at radius 2 is 1.67 bits per heavy atom. The standard InChI is InChI=1S/C10H18O2.C4H10O2/c1-8(2)10(6-7-11)5-4-9(3)12;1-4(5-2)6-3/h7-8,10H,4-6H2,1-3H3;4H,1-3H3/t10-;/m1./s1. The number of carbonyl (C=O) groups excluding carboxylic acids is 2. The molecule has 0 heterocycles. The van der Waals surface area contributed by atoms with Crippen LogP contribution in [0.5, 0.6) is 0 Å². The van der Waals surface area contributed by atoms with Gasteiger partial charge in [0.2, 0.25) is 0 Å². The van der Waals surface area contributed by atoms with Crippen molar-refractivity contribution in [3.63, 3.8) is 0 Å². The minimum absolute atomic E-state index is 0.0648. The van der Waals surface area contributed by atoms with Crippen molar-refractivity contribution < 1.29 is 19.1 Å². The van der Waals surface area contributed by atoms with Gasteiger partial charge in [-0.3, -0.25) is 0 Å². The summed E-state index contributed by atoms with van der Waals surface area (Å²) in [6.07, 6.45) is 2.93. The van der Waals surface area contributed by atoms with E-state index in [1.54, 1.807) is 21.1 Å². The number of ether oxygens (including phenoxy) is 2. The van der Waals surface area contributed by atoms with Gasteiger partial charge in [-0.15, -0.1) is 0 Å². The molecule has 0 aromatic rings. The van der Waals surface area contributed by atoms with Gasteiger partial charge in [0.05, 0.1) is 0 Å². The molecule has 0 radical (unpaired) electrons. The molecule has 108 valence electrons. The quantitative estimate of drug-likeness (QED) is 0.497. The molecule has 0 spiro atoms. The second-order valence-corrected chi connectivity index (χ2v) is 4.69. The molecule has 0 N–H and O–H groups in total. The Bertz CT molecular complexity index is 210. The molecule has 0 aliphatic carbocycles. The molecule has 0 aliphatic heterocycles. The predicted octanol–water partition coefficient (Wildman–Crippen LogP) is 2.84. The Hall–Kier alpha value is -0.740. The van der Waals surface area contributed by atoms with Crippen LogP contribution in [0, 0.1) is 11.8 Å². The molecule has 18 heavy (non-hydrogen) atoms. The zero-order valence-corrected chi connectivity index (χ0v) is 12.6. The van der Waals surface area contributed by atoms with Crippen molar-refractivity contribution in [3.05, 3.63) is 0 Å². The Morgan fingerprint density at radius 1 is 1.17 bits per heavy atom. The first kappa shape index (κ1) is 19.6. The van der Waals surface area contributed by atoms with Gasteiger partial charge in [0.15, 0.2) is 6.29 Å². The van der Waals surface area contributed by atoms with Crippen molar-refractivity contribution in [2.45, 2.75) is 53.2 Å². The fraction of sp³-hybridized carbons (Fsp3) is 0.857.